The quantitative estimate of drug-likeness (QED) is 0.801. The van der Waals surface area contributed by atoms with Crippen molar-refractivity contribution in [2.75, 3.05) is 27.8 Å². The second kappa shape index (κ2) is 9.77. The first-order valence-electron chi connectivity index (χ1n) is 9.55. The van der Waals surface area contributed by atoms with Crippen LogP contribution in [0.1, 0.15) is 57.4 Å². The van der Waals surface area contributed by atoms with E-state index in [4.69, 9.17) is 0 Å². The minimum atomic E-state index is -0.157. The van der Waals surface area contributed by atoms with Gasteiger partial charge in [-0.3, -0.25) is 4.79 Å². The van der Waals surface area contributed by atoms with Crippen molar-refractivity contribution in [3.05, 3.63) is 35.0 Å². The summed E-state index contributed by atoms with van der Waals surface area (Å²) < 4.78 is 4.54. The SMILES string of the molecule is CCOC.CCc1cccc2c(C)c(C(C)(CC)CC(=O)N(C)C)[nH]c12. The molecule has 0 fully saturated rings. The fraction of sp³-hybridized carbons (Fsp3) is 0.591. The molecule has 0 spiro atoms. The zero-order valence-corrected chi connectivity index (χ0v) is 17.8. The minimum Gasteiger partial charge on any atom is -0.385 e. The normalized spacial score (nSPS) is 13.1. The maximum atomic E-state index is 12.3. The van der Waals surface area contributed by atoms with Gasteiger partial charge >= 0.3 is 0 Å². The van der Waals surface area contributed by atoms with Crippen molar-refractivity contribution in [2.24, 2.45) is 0 Å². The van der Waals surface area contributed by atoms with Crippen LogP contribution in [0.5, 0.6) is 0 Å². The van der Waals surface area contributed by atoms with Crippen LogP contribution >= 0.6 is 0 Å². The number of aromatic nitrogens is 1. The topological polar surface area (TPSA) is 45.3 Å². The Balaban J connectivity index is 0.000000765. The number of fused-ring (bicyclic) bond motifs is 1. The van der Waals surface area contributed by atoms with E-state index in [1.165, 1.54) is 27.7 Å². The number of carbonyl (C=O) groups excluding carboxylic acids is 1. The highest BCUT2D eigenvalue weighted by atomic mass is 16.5. The molecule has 2 rings (SSSR count). The number of nitrogens with zero attached hydrogens (tertiary/aromatic N) is 1. The number of amides is 1. The molecular weight excluding hydrogens is 324 g/mol. The van der Waals surface area contributed by atoms with E-state index in [0.29, 0.717) is 6.42 Å². The largest absolute Gasteiger partial charge is 0.385 e. The monoisotopic (exact) mass is 360 g/mol. The Bertz CT molecular complexity index is 716. The maximum Gasteiger partial charge on any atom is 0.222 e. The number of aryl methyl sites for hydroxylation is 2. The van der Waals surface area contributed by atoms with E-state index in [-0.39, 0.29) is 11.3 Å². The lowest BCUT2D eigenvalue weighted by Gasteiger charge is -2.29. The molecule has 1 N–H and O–H groups in total. The number of ether oxygens (including phenoxy) is 1. The van der Waals surface area contributed by atoms with E-state index in [0.717, 1.165) is 19.4 Å². The molecule has 0 aliphatic rings. The summed E-state index contributed by atoms with van der Waals surface area (Å²) in [4.78, 5) is 17.6. The van der Waals surface area contributed by atoms with E-state index in [9.17, 15) is 4.79 Å². The van der Waals surface area contributed by atoms with Crippen molar-refractivity contribution < 1.29 is 9.53 Å². The Morgan fingerprint density at radius 3 is 2.31 bits per heavy atom. The van der Waals surface area contributed by atoms with E-state index in [1.807, 2.05) is 21.0 Å². The van der Waals surface area contributed by atoms with Crippen molar-refractivity contribution in [3.63, 3.8) is 0 Å². The first-order chi connectivity index (χ1) is 12.2. The number of carbonyl (C=O) groups is 1. The second-order valence-corrected chi connectivity index (χ2v) is 7.27. The molecule has 1 aromatic carbocycles. The molecule has 0 aliphatic carbocycles. The van der Waals surface area contributed by atoms with Gasteiger partial charge in [0.15, 0.2) is 0 Å². The number of rotatable bonds is 6. The number of hydrogen-bond acceptors (Lipinski definition) is 2. The van der Waals surface area contributed by atoms with Crippen LogP contribution in [0, 0.1) is 6.92 Å². The van der Waals surface area contributed by atoms with Gasteiger partial charge in [-0.25, -0.2) is 0 Å². The number of para-hydroxylation sites is 1. The summed E-state index contributed by atoms with van der Waals surface area (Å²) in [6.07, 6.45) is 2.48. The lowest BCUT2D eigenvalue weighted by atomic mass is 9.78. The van der Waals surface area contributed by atoms with Gasteiger partial charge < -0.3 is 14.6 Å². The molecule has 0 saturated carbocycles. The molecule has 1 unspecified atom stereocenters. The Morgan fingerprint density at radius 1 is 1.23 bits per heavy atom. The molecule has 0 bridgehead atoms. The van der Waals surface area contributed by atoms with Crippen LogP contribution in [0.3, 0.4) is 0 Å². The first kappa shape index (κ1) is 22.2. The predicted octanol–water partition coefficient (Wildman–Crippen LogP) is 4.84. The average molecular weight is 361 g/mol. The van der Waals surface area contributed by atoms with Gasteiger partial charge in [-0.15, -0.1) is 0 Å². The highest BCUT2D eigenvalue weighted by Crippen LogP contribution is 2.37. The summed E-state index contributed by atoms with van der Waals surface area (Å²) in [6.45, 7) is 11.5. The number of nitrogens with one attached hydrogen (secondary N) is 1. The highest BCUT2D eigenvalue weighted by Gasteiger charge is 2.32. The van der Waals surface area contributed by atoms with Gasteiger partial charge in [-0.05, 0) is 37.8 Å². The number of H-pyrrole nitrogens is 1. The van der Waals surface area contributed by atoms with Crippen molar-refractivity contribution in [1.82, 2.24) is 9.88 Å². The number of hydrogen-bond donors (Lipinski definition) is 1. The van der Waals surface area contributed by atoms with E-state index in [2.05, 4.69) is 55.6 Å². The molecule has 1 amide bonds. The molecule has 0 radical (unpaired) electrons. The summed E-state index contributed by atoms with van der Waals surface area (Å²) >= 11 is 0. The minimum absolute atomic E-state index is 0.157. The van der Waals surface area contributed by atoms with Crippen LogP contribution in [0.25, 0.3) is 10.9 Å². The Labute approximate surface area is 158 Å². The summed E-state index contributed by atoms with van der Waals surface area (Å²) in [5.74, 6) is 0.179. The summed E-state index contributed by atoms with van der Waals surface area (Å²) in [7, 11) is 5.33. The molecular formula is C22H36N2O2. The Morgan fingerprint density at radius 2 is 1.85 bits per heavy atom. The summed E-state index contributed by atoms with van der Waals surface area (Å²) in [6, 6.07) is 6.48. The van der Waals surface area contributed by atoms with E-state index >= 15 is 0 Å². The van der Waals surface area contributed by atoms with E-state index < -0.39 is 0 Å². The number of benzene rings is 1. The zero-order chi connectivity index (χ0) is 19.9. The van der Waals surface area contributed by atoms with Crippen molar-refractivity contribution in [1.29, 1.82) is 0 Å². The van der Waals surface area contributed by atoms with Crippen LogP contribution < -0.4 is 0 Å². The fourth-order valence-electron chi connectivity index (χ4n) is 3.19. The molecule has 1 aromatic heterocycles. The van der Waals surface area contributed by atoms with Crippen molar-refractivity contribution in [3.8, 4) is 0 Å². The van der Waals surface area contributed by atoms with Gasteiger partial charge in [-0.1, -0.05) is 39.0 Å². The van der Waals surface area contributed by atoms with Gasteiger partial charge in [-0.2, -0.15) is 0 Å². The van der Waals surface area contributed by atoms with Crippen LogP contribution in [0.15, 0.2) is 18.2 Å². The van der Waals surface area contributed by atoms with Gasteiger partial charge in [0.25, 0.3) is 0 Å². The van der Waals surface area contributed by atoms with Gasteiger partial charge in [0.1, 0.15) is 0 Å². The molecule has 0 aliphatic heterocycles. The Kier molecular flexibility index (Phi) is 8.35. The molecule has 1 atom stereocenters. The smallest absolute Gasteiger partial charge is 0.222 e. The molecule has 0 saturated heterocycles. The van der Waals surface area contributed by atoms with Crippen LogP contribution in [0.2, 0.25) is 0 Å². The third-order valence-electron chi connectivity index (χ3n) is 5.27. The molecule has 146 valence electrons. The van der Waals surface area contributed by atoms with Crippen LogP contribution in [-0.2, 0) is 21.4 Å². The zero-order valence-electron chi connectivity index (χ0n) is 17.8. The molecule has 26 heavy (non-hydrogen) atoms. The predicted molar refractivity (Wildman–Crippen MR) is 111 cm³/mol. The molecule has 1 heterocycles. The lowest BCUT2D eigenvalue weighted by Crippen LogP contribution is -2.32. The molecule has 2 aromatic rings. The number of aromatic amines is 1. The molecule has 4 heteroatoms. The lowest BCUT2D eigenvalue weighted by molar-refractivity contribution is -0.130. The van der Waals surface area contributed by atoms with Crippen LogP contribution in [0.4, 0.5) is 0 Å². The first-order valence-corrected chi connectivity index (χ1v) is 9.55. The number of methoxy groups -OCH3 is 1. The molecule has 4 nitrogen and oxygen atoms in total. The van der Waals surface area contributed by atoms with E-state index in [1.54, 1.807) is 12.0 Å². The summed E-state index contributed by atoms with van der Waals surface area (Å²) in [5.41, 5.74) is 4.90. The highest BCUT2D eigenvalue weighted by molar-refractivity contribution is 5.88. The van der Waals surface area contributed by atoms with Gasteiger partial charge in [0.05, 0.1) is 0 Å². The van der Waals surface area contributed by atoms with Crippen molar-refractivity contribution >= 4 is 16.8 Å². The standard InChI is InChI=1S/C19H28N2O.C3H8O/c1-7-14-10-9-11-15-13(3)18(20-17(14)15)19(4,8-2)12-16(22)21(5)6;1-3-4-2/h9-11,20H,7-8,12H2,1-6H3;3H2,1-2H3. The maximum absolute atomic E-state index is 12.3. The second-order valence-electron chi connectivity index (χ2n) is 7.27. The van der Waals surface area contributed by atoms with Crippen molar-refractivity contribution in [2.45, 2.75) is 59.3 Å². The summed E-state index contributed by atoms with van der Waals surface area (Å²) in [5, 5.41) is 1.28. The Hall–Kier alpha value is -1.81. The third-order valence-corrected chi connectivity index (χ3v) is 5.27. The third kappa shape index (κ3) is 4.88. The van der Waals surface area contributed by atoms with Gasteiger partial charge in [0.2, 0.25) is 5.91 Å². The average Bonchev–Trinajstić information content (AvgIpc) is 2.99. The van der Waals surface area contributed by atoms with Gasteiger partial charge in [0, 0.05) is 56.2 Å². The fourth-order valence-corrected chi connectivity index (χ4v) is 3.19. The van der Waals surface area contributed by atoms with Crippen LogP contribution in [-0.4, -0.2) is 43.6 Å².